The van der Waals surface area contributed by atoms with Crippen molar-refractivity contribution >= 4 is 9.84 Å². The molecule has 9 heavy (non-hydrogen) atoms. The standard InChI is InChI=1S/C6H12O2S/c1-5-3-4-6(5)9(2,7)8/h5-6H,3-4H2,1-2H3. The largest absolute Gasteiger partial charge is 0.229 e. The highest BCUT2D eigenvalue weighted by molar-refractivity contribution is 7.91. The summed E-state index contributed by atoms with van der Waals surface area (Å²) in [6.45, 7) is 2.00. The zero-order valence-electron chi connectivity index (χ0n) is 5.79. The zero-order valence-corrected chi connectivity index (χ0v) is 6.61. The minimum absolute atomic E-state index is 0.0301. The third-order valence-electron chi connectivity index (χ3n) is 2.09. The van der Waals surface area contributed by atoms with E-state index in [9.17, 15) is 8.42 Å². The van der Waals surface area contributed by atoms with E-state index >= 15 is 0 Å². The van der Waals surface area contributed by atoms with Gasteiger partial charge in [-0.05, 0) is 18.8 Å². The number of hydrogen-bond acceptors (Lipinski definition) is 2. The van der Waals surface area contributed by atoms with E-state index in [0.29, 0.717) is 5.92 Å². The number of sulfone groups is 1. The van der Waals surface area contributed by atoms with Gasteiger partial charge in [0.25, 0.3) is 0 Å². The molecule has 0 radical (unpaired) electrons. The normalized spacial score (nSPS) is 35.8. The van der Waals surface area contributed by atoms with Gasteiger partial charge in [-0.2, -0.15) is 0 Å². The molecule has 2 unspecified atom stereocenters. The molecule has 2 atom stereocenters. The van der Waals surface area contributed by atoms with Crippen LogP contribution < -0.4 is 0 Å². The molecule has 0 aromatic rings. The maximum Gasteiger partial charge on any atom is 0.150 e. The summed E-state index contributed by atoms with van der Waals surface area (Å²) in [5.74, 6) is 0.403. The Kier molecular flexibility index (Phi) is 1.55. The summed E-state index contributed by atoms with van der Waals surface area (Å²) in [5.41, 5.74) is 0. The van der Waals surface area contributed by atoms with Gasteiger partial charge in [0.2, 0.25) is 0 Å². The summed E-state index contributed by atoms with van der Waals surface area (Å²) in [7, 11) is -2.72. The second kappa shape index (κ2) is 1.97. The highest BCUT2D eigenvalue weighted by Crippen LogP contribution is 2.31. The minimum Gasteiger partial charge on any atom is -0.229 e. The van der Waals surface area contributed by atoms with Gasteiger partial charge in [0, 0.05) is 6.26 Å². The molecule has 0 aromatic heterocycles. The van der Waals surface area contributed by atoms with Gasteiger partial charge in [0.15, 0.2) is 9.84 Å². The minimum atomic E-state index is -2.72. The smallest absolute Gasteiger partial charge is 0.150 e. The summed E-state index contributed by atoms with van der Waals surface area (Å²) in [6.07, 6.45) is 3.28. The van der Waals surface area contributed by atoms with Crippen LogP contribution in [0.4, 0.5) is 0 Å². The molecule has 0 bridgehead atoms. The second-order valence-corrected chi connectivity index (χ2v) is 5.19. The molecule has 1 fully saturated rings. The SMILES string of the molecule is CC1CCC1S(C)(=O)=O. The van der Waals surface area contributed by atoms with Crippen LogP contribution in [-0.2, 0) is 9.84 Å². The monoisotopic (exact) mass is 148 g/mol. The van der Waals surface area contributed by atoms with E-state index < -0.39 is 9.84 Å². The maximum absolute atomic E-state index is 10.8. The van der Waals surface area contributed by atoms with Crippen molar-refractivity contribution in [3.05, 3.63) is 0 Å². The highest BCUT2D eigenvalue weighted by atomic mass is 32.2. The average Bonchev–Trinajstić information content (AvgIpc) is 1.57. The number of rotatable bonds is 1. The van der Waals surface area contributed by atoms with Crippen LogP contribution in [0.5, 0.6) is 0 Å². The summed E-state index contributed by atoms with van der Waals surface area (Å²) >= 11 is 0. The Bertz CT molecular complexity index is 193. The lowest BCUT2D eigenvalue weighted by atomic mass is 9.87. The van der Waals surface area contributed by atoms with Gasteiger partial charge in [-0.3, -0.25) is 0 Å². The van der Waals surface area contributed by atoms with Crippen LogP contribution in [0.1, 0.15) is 19.8 Å². The Labute approximate surface area is 56.2 Å². The van der Waals surface area contributed by atoms with Gasteiger partial charge in [0.1, 0.15) is 0 Å². The first kappa shape index (κ1) is 7.06. The topological polar surface area (TPSA) is 34.1 Å². The first-order valence-electron chi connectivity index (χ1n) is 3.20. The van der Waals surface area contributed by atoms with Gasteiger partial charge in [-0.1, -0.05) is 6.92 Å². The molecule has 2 nitrogen and oxygen atoms in total. The first-order valence-corrected chi connectivity index (χ1v) is 5.16. The maximum atomic E-state index is 10.8. The molecule has 0 N–H and O–H groups in total. The van der Waals surface area contributed by atoms with Crippen molar-refractivity contribution in [2.24, 2.45) is 5.92 Å². The molecule has 54 valence electrons. The quantitative estimate of drug-likeness (QED) is 0.552. The molecular formula is C6H12O2S. The Morgan fingerprint density at radius 2 is 1.89 bits per heavy atom. The molecule has 1 rings (SSSR count). The third-order valence-corrected chi connectivity index (χ3v) is 3.89. The van der Waals surface area contributed by atoms with Crippen molar-refractivity contribution in [1.82, 2.24) is 0 Å². The molecule has 0 amide bonds. The summed E-state index contributed by atoms with van der Waals surface area (Å²) in [6, 6.07) is 0. The lowest BCUT2D eigenvalue weighted by molar-refractivity contribution is 0.345. The Balaban J connectivity index is 2.66. The van der Waals surface area contributed by atoms with Crippen LogP contribution in [0, 0.1) is 5.92 Å². The molecule has 0 spiro atoms. The molecule has 0 aliphatic heterocycles. The predicted octanol–water partition coefficient (Wildman–Crippen LogP) is 0.830. The summed E-state index contributed by atoms with van der Waals surface area (Å²) in [5, 5.41) is -0.0301. The van der Waals surface area contributed by atoms with Gasteiger partial charge in [-0.15, -0.1) is 0 Å². The fourth-order valence-corrected chi connectivity index (χ4v) is 2.82. The van der Waals surface area contributed by atoms with Gasteiger partial charge in [0.05, 0.1) is 5.25 Å². The molecule has 0 saturated heterocycles. The van der Waals surface area contributed by atoms with Crippen LogP contribution in [0.2, 0.25) is 0 Å². The first-order chi connectivity index (χ1) is 4.02. The van der Waals surface area contributed by atoms with Crippen molar-refractivity contribution in [1.29, 1.82) is 0 Å². The number of hydrogen-bond donors (Lipinski definition) is 0. The highest BCUT2D eigenvalue weighted by Gasteiger charge is 2.34. The van der Waals surface area contributed by atoms with Crippen molar-refractivity contribution in [2.45, 2.75) is 25.0 Å². The van der Waals surface area contributed by atoms with Crippen LogP contribution in [-0.4, -0.2) is 19.9 Å². The molecule has 3 heteroatoms. The molecular weight excluding hydrogens is 136 g/mol. The van der Waals surface area contributed by atoms with E-state index in [1.54, 1.807) is 0 Å². The fraction of sp³-hybridized carbons (Fsp3) is 1.00. The second-order valence-electron chi connectivity index (χ2n) is 2.92. The van der Waals surface area contributed by atoms with E-state index in [2.05, 4.69) is 0 Å². The van der Waals surface area contributed by atoms with Gasteiger partial charge >= 0.3 is 0 Å². The van der Waals surface area contributed by atoms with Crippen molar-refractivity contribution in [3.63, 3.8) is 0 Å². The Hall–Kier alpha value is -0.0500. The molecule has 0 heterocycles. The van der Waals surface area contributed by atoms with Gasteiger partial charge < -0.3 is 0 Å². The molecule has 1 aliphatic carbocycles. The van der Waals surface area contributed by atoms with Crippen molar-refractivity contribution in [3.8, 4) is 0 Å². The van der Waals surface area contributed by atoms with E-state index in [-0.39, 0.29) is 5.25 Å². The van der Waals surface area contributed by atoms with Crippen LogP contribution in [0.15, 0.2) is 0 Å². The average molecular weight is 148 g/mol. The molecule has 0 aromatic carbocycles. The zero-order chi connectivity index (χ0) is 7.07. The van der Waals surface area contributed by atoms with E-state index in [1.165, 1.54) is 6.26 Å². The third kappa shape index (κ3) is 1.26. The van der Waals surface area contributed by atoms with Crippen LogP contribution in [0.3, 0.4) is 0 Å². The summed E-state index contributed by atoms with van der Waals surface area (Å²) in [4.78, 5) is 0. The van der Waals surface area contributed by atoms with Crippen molar-refractivity contribution in [2.75, 3.05) is 6.26 Å². The lowest BCUT2D eigenvalue weighted by Gasteiger charge is -2.31. The van der Waals surface area contributed by atoms with Crippen LogP contribution >= 0.6 is 0 Å². The fourth-order valence-electron chi connectivity index (χ4n) is 1.27. The molecule has 1 saturated carbocycles. The summed E-state index contributed by atoms with van der Waals surface area (Å²) < 4.78 is 21.6. The molecule has 1 aliphatic rings. The Morgan fingerprint density at radius 3 is 1.89 bits per heavy atom. The van der Waals surface area contributed by atoms with E-state index in [4.69, 9.17) is 0 Å². The Morgan fingerprint density at radius 1 is 1.33 bits per heavy atom. The van der Waals surface area contributed by atoms with E-state index in [1.807, 2.05) is 6.92 Å². The van der Waals surface area contributed by atoms with Gasteiger partial charge in [-0.25, -0.2) is 8.42 Å². The van der Waals surface area contributed by atoms with Crippen molar-refractivity contribution < 1.29 is 8.42 Å². The van der Waals surface area contributed by atoms with E-state index in [0.717, 1.165) is 12.8 Å². The lowest BCUT2D eigenvalue weighted by Crippen LogP contribution is -2.35. The predicted molar refractivity (Wildman–Crippen MR) is 37.0 cm³/mol. The van der Waals surface area contributed by atoms with Crippen LogP contribution in [0.25, 0.3) is 0 Å².